The maximum absolute atomic E-state index is 13.0. The summed E-state index contributed by atoms with van der Waals surface area (Å²) in [6.45, 7) is 1.87. The number of nitrogens with zero attached hydrogens (tertiary/aromatic N) is 1. The Kier molecular flexibility index (Phi) is 5.21. The van der Waals surface area contributed by atoms with Crippen LogP contribution < -0.4 is 10.6 Å². The highest BCUT2D eigenvalue weighted by Gasteiger charge is 2.15. The van der Waals surface area contributed by atoms with Gasteiger partial charge in [0.1, 0.15) is 0 Å². The molecule has 21 heavy (non-hydrogen) atoms. The predicted molar refractivity (Wildman–Crippen MR) is 73.7 cm³/mol. The van der Waals surface area contributed by atoms with E-state index < -0.39 is 17.5 Å². The number of nitrogens with one attached hydrogen (secondary N) is 2. The van der Waals surface area contributed by atoms with Crippen LogP contribution in [0.2, 0.25) is 0 Å². The van der Waals surface area contributed by atoms with Crippen LogP contribution in [0.25, 0.3) is 0 Å². The van der Waals surface area contributed by atoms with Gasteiger partial charge < -0.3 is 10.6 Å². The number of halogens is 2. The average Bonchev–Trinajstić information content (AvgIpc) is 2.93. The van der Waals surface area contributed by atoms with Gasteiger partial charge in [-0.2, -0.15) is 0 Å². The fraction of sp³-hybridized carbons (Fsp3) is 0.429. The van der Waals surface area contributed by atoms with E-state index in [-0.39, 0.29) is 24.7 Å². The van der Waals surface area contributed by atoms with Gasteiger partial charge in [0.2, 0.25) is 11.8 Å². The van der Waals surface area contributed by atoms with Gasteiger partial charge in [-0.1, -0.05) is 0 Å². The third-order valence-electron chi connectivity index (χ3n) is 3.22. The summed E-state index contributed by atoms with van der Waals surface area (Å²) in [5.74, 6) is -2.73. The smallest absolute Gasteiger partial charge is 0.243 e. The van der Waals surface area contributed by atoms with E-state index in [0.717, 1.165) is 38.1 Å². The van der Waals surface area contributed by atoms with Crippen LogP contribution in [0, 0.1) is 11.6 Å². The van der Waals surface area contributed by atoms with Crippen molar-refractivity contribution in [1.29, 1.82) is 0 Å². The Balaban J connectivity index is 1.73. The summed E-state index contributed by atoms with van der Waals surface area (Å²) in [5.41, 5.74) is 0.146. The molecule has 0 aliphatic carbocycles. The monoisotopic (exact) mass is 297 g/mol. The van der Waals surface area contributed by atoms with Crippen LogP contribution in [0.1, 0.15) is 12.8 Å². The van der Waals surface area contributed by atoms with Gasteiger partial charge in [-0.3, -0.25) is 14.5 Å². The lowest BCUT2D eigenvalue weighted by molar-refractivity contribution is -0.124. The molecular weight excluding hydrogens is 280 g/mol. The number of rotatable bonds is 5. The minimum absolute atomic E-state index is 0.146. The number of carbonyl (C=O) groups is 2. The van der Waals surface area contributed by atoms with Crippen molar-refractivity contribution in [2.45, 2.75) is 12.8 Å². The number of hydrogen-bond acceptors (Lipinski definition) is 3. The second-order valence-electron chi connectivity index (χ2n) is 4.94. The Labute approximate surface area is 121 Å². The molecular formula is C14H17F2N3O2. The Morgan fingerprint density at radius 3 is 2.48 bits per heavy atom. The molecule has 1 aromatic rings. The second-order valence-corrected chi connectivity index (χ2v) is 4.94. The first-order valence-corrected chi connectivity index (χ1v) is 6.78. The summed E-state index contributed by atoms with van der Waals surface area (Å²) >= 11 is 0. The number of anilines is 1. The highest BCUT2D eigenvalue weighted by Crippen LogP contribution is 2.12. The van der Waals surface area contributed by atoms with Crippen molar-refractivity contribution in [1.82, 2.24) is 10.2 Å². The molecule has 2 N–H and O–H groups in total. The number of carbonyl (C=O) groups excluding carboxylic acids is 2. The molecule has 7 heteroatoms. The van der Waals surface area contributed by atoms with Gasteiger partial charge in [0, 0.05) is 11.8 Å². The van der Waals surface area contributed by atoms with E-state index in [1.54, 1.807) is 0 Å². The molecule has 1 fully saturated rings. The van der Waals surface area contributed by atoms with Gasteiger partial charge >= 0.3 is 0 Å². The first-order chi connectivity index (χ1) is 10.0. The van der Waals surface area contributed by atoms with Crippen LogP contribution in [-0.2, 0) is 9.59 Å². The standard InChI is InChI=1S/C14H17F2N3O2/c15-11-4-3-10(7-12(11)16)18-13(20)8-17-14(21)9-19-5-1-2-6-19/h3-4,7H,1-2,5-6,8-9H2,(H,17,21)(H,18,20). The van der Waals surface area contributed by atoms with Gasteiger partial charge in [0.25, 0.3) is 0 Å². The van der Waals surface area contributed by atoms with Crippen LogP contribution in [0.5, 0.6) is 0 Å². The Morgan fingerprint density at radius 1 is 1.10 bits per heavy atom. The van der Waals surface area contributed by atoms with Crippen molar-refractivity contribution in [3.63, 3.8) is 0 Å². The maximum atomic E-state index is 13.0. The number of benzene rings is 1. The molecule has 0 aromatic heterocycles. The topological polar surface area (TPSA) is 61.4 Å². The van der Waals surface area contributed by atoms with Crippen molar-refractivity contribution < 1.29 is 18.4 Å². The summed E-state index contributed by atoms with van der Waals surface area (Å²) in [7, 11) is 0. The molecule has 1 saturated heterocycles. The molecule has 5 nitrogen and oxygen atoms in total. The van der Waals surface area contributed by atoms with Crippen molar-refractivity contribution in [3.05, 3.63) is 29.8 Å². The molecule has 114 valence electrons. The second kappa shape index (κ2) is 7.12. The number of likely N-dealkylation sites (tertiary alicyclic amines) is 1. The summed E-state index contributed by atoms with van der Waals surface area (Å²) in [5, 5.41) is 4.88. The molecule has 1 aliphatic rings. The van der Waals surface area contributed by atoms with Crippen molar-refractivity contribution in [2.24, 2.45) is 0 Å². The fourth-order valence-electron chi connectivity index (χ4n) is 2.16. The Hall–Kier alpha value is -2.02. The molecule has 0 saturated carbocycles. The lowest BCUT2D eigenvalue weighted by atomic mass is 10.3. The summed E-state index contributed by atoms with van der Waals surface area (Å²) < 4.78 is 25.7. The lowest BCUT2D eigenvalue weighted by Gasteiger charge is -2.14. The molecule has 1 aliphatic heterocycles. The van der Waals surface area contributed by atoms with E-state index in [1.807, 2.05) is 4.90 Å². The Morgan fingerprint density at radius 2 is 1.81 bits per heavy atom. The third-order valence-corrected chi connectivity index (χ3v) is 3.22. The summed E-state index contributed by atoms with van der Waals surface area (Å²) in [6.07, 6.45) is 2.17. The summed E-state index contributed by atoms with van der Waals surface area (Å²) in [4.78, 5) is 25.2. The van der Waals surface area contributed by atoms with Crippen molar-refractivity contribution in [3.8, 4) is 0 Å². The van der Waals surface area contributed by atoms with Crippen LogP contribution >= 0.6 is 0 Å². The summed E-state index contributed by atoms with van der Waals surface area (Å²) in [6, 6.07) is 3.07. The van der Waals surface area contributed by atoms with E-state index >= 15 is 0 Å². The van der Waals surface area contributed by atoms with Crippen LogP contribution in [0.4, 0.5) is 14.5 Å². The van der Waals surface area contributed by atoms with Crippen molar-refractivity contribution in [2.75, 3.05) is 31.5 Å². The lowest BCUT2D eigenvalue weighted by Crippen LogP contribution is -2.39. The SMILES string of the molecule is O=C(CN1CCCC1)NCC(=O)Nc1ccc(F)c(F)c1. The zero-order valence-corrected chi connectivity index (χ0v) is 11.5. The Bertz CT molecular complexity index is 531. The highest BCUT2D eigenvalue weighted by atomic mass is 19.2. The molecule has 0 spiro atoms. The van der Waals surface area contributed by atoms with E-state index in [9.17, 15) is 18.4 Å². The third kappa shape index (κ3) is 4.78. The van der Waals surface area contributed by atoms with E-state index in [4.69, 9.17) is 0 Å². The molecule has 0 bridgehead atoms. The molecule has 0 atom stereocenters. The largest absolute Gasteiger partial charge is 0.346 e. The molecule has 2 amide bonds. The van der Waals surface area contributed by atoms with Gasteiger partial charge in [-0.05, 0) is 38.1 Å². The van der Waals surface area contributed by atoms with Gasteiger partial charge in [-0.25, -0.2) is 8.78 Å². The van der Waals surface area contributed by atoms with Gasteiger partial charge in [0.05, 0.1) is 13.1 Å². The van der Waals surface area contributed by atoms with Crippen LogP contribution in [-0.4, -0.2) is 42.9 Å². The van der Waals surface area contributed by atoms with E-state index in [1.165, 1.54) is 6.07 Å². The first-order valence-electron chi connectivity index (χ1n) is 6.78. The molecule has 1 heterocycles. The quantitative estimate of drug-likeness (QED) is 0.856. The molecule has 2 rings (SSSR count). The predicted octanol–water partition coefficient (Wildman–Crippen LogP) is 1.12. The minimum atomic E-state index is -1.04. The van der Waals surface area contributed by atoms with Crippen LogP contribution in [0.3, 0.4) is 0 Å². The van der Waals surface area contributed by atoms with Gasteiger partial charge in [0.15, 0.2) is 11.6 Å². The molecule has 0 radical (unpaired) electrons. The van der Waals surface area contributed by atoms with Crippen molar-refractivity contribution >= 4 is 17.5 Å². The highest BCUT2D eigenvalue weighted by molar-refractivity contribution is 5.94. The fourth-order valence-corrected chi connectivity index (χ4v) is 2.16. The number of amides is 2. The minimum Gasteiger partial charge on any atom is -0.346 e. The zero-order chi connectivity index (χ0) is 15.2. The van der Waals surface area contributed by atoms with E-state index in [0.29, 0.717) is 0 Å². The normalized spacial score (nSPS) is 15.0. The van der Waals surface area contributed by atoms with Gasteiger partial charge in [-0.15, -0.1) is 0 Å². The van der Waals surface area contributed by atoms with E-state index in [2.05, 4.69) is 10.6 Å². The molecule has 1 aromatic carbocycles. The average molecular weight is 297 g/mol. The first kappa shape index (κ1) is 15.4. The maximum Gasteiger partial charge on any atom is 0.243 e. The zero-order valence-electron chi connectivity index (χ0n) is 11.5. The number of hydrogen-bond donors (Lipinski definition) is 2. The van der Waals surface area contributed by atoms with Crippen LogP contribution in [0.15, 0.2) is 18.2 Å². The molecule has 0 unspecified atom stereocenters.